The van der Waals surface area contributed by atoms with Crippen molar-refractivity contribution in [2.75, 3.05) is 11.1 Å². The van der Waals surface area contributed by atoms with Gasteiger partial charge in [0.1, 0.15) is 16.8 Å². The van der Waals surface area contributed by atoms with Gasteiger partial charge in [-0.05, 0) is 62.3 Å². The highest BCUT2D eigenvalue weighted by Gasteiger charge is 2.25. The van der Waals surface area contributed by atoms with Crippen LogP contribution >= 0.6 is 23.1 Å². The zero-order chi connectivity index (χ0) is 23.5. The number of aryl methyl sites for hydroxylation is 1. The molecular weight excluding hydrogens is 454 g/mol. The van der Waals surface area contributed by atoms with Gasteiger partial charge in [-0.3, -0.25) is 4.79 Å². The van der Waals surface area contributed by atoms with E-state index in [9.17, 15) is 10.1 Å². The number of nitrogens with one attached hydrogen (secondary N) is 1. The van der Waals surface area contributed by atoms with Crippen molar-refractivity contribution in [3.63, 3.8) is 0 Å². The smallest absolute Gasteiger partial charge is 0.235 e. The van der Waals surface area contributed by atoms with Gasteiger partial charge in [0.05, 0.1) is 11.3 Å². The number of hydrogen-bond donors (Lipinski definition) is 1. The summed E-state index contributed by atoms with van der Waals surface area (Å²) in [4.78, 5) is 13.9. The Morgan fingerprint density at radius 3 is 3.03 bits per heavy atom. The van der Waals surface area contributed by atoms with Crippen LogP contribution in [0.4, 0.5) is 5.00 Å². The molecule has 1 amide bonds. The number of ether oxygens (including phenoxy) is 1. The summed E-state index contributed by atoms with van der Waals surface area (Å²) in [6, 6.07) is 10.2. The van der Waals surface area contributed by atoms with E-state index in [4.69, 9.17) is 4.74 Å². The first-order valence-corrected chi connectivity index (χ1v) is 12.8. The molecule has 0 bridgehead atoms. The van der Waals surface area contributed by atoms with Crippen LogP contribution in [0.15, 0.2) is 29.4 Å². The number of nitriles is 1. The summed E-state index contributed by atoms with van der Waals surface area (Å²) < 4.78 is 7.86. The molecule has 2 atom stereocenters. The van der Waals surface area contributed by atoms with E-state index in [2.05, 4.69) is 28.5 Å². The number of carbonyl (C=O) groups excluding carboxylic acids is 1. The molecule has 9 heteroatoms. The highest BCUT2D eigenvalue weighted by atomic mass is 32.2. The van der Waals surface area contributed by atoms with Gasteiger partial charge >= 0.3 is 0 Å². The number of nitrogens with zero attached hydrogens (tertiary/aromatic N) is 4. The summed E-state index contributed by atoms with van der Waals surface area (Å²) in [5.74, 6) is 2.11. The van der Waals surface area contributed by atoms with Crippen molar-refractivity contribution in [2.45, 2.75) is 51.3 Å². The predicted octanol–water partition coefficient (Wildman–Crippen LogP) is 5.05. The monoisotopic (exact) mass is 481 g/mol. The normalized spacial score (nSPS) is 16.0. The summed E-state index contributed by atoms with van der Waals surface area (Å²) in [5.41, 5.74) is 2.87. The fourth-order valence-corrected chi connectivity index (χ4v) is 6.10. The van der Waals surface area contributed by atoms with Crippen LogP contribution in [0, 0.1) is 24.2 Å². The average Bonchev–Trinajstić information content (AvgIpc) is 3.31. The number of benzene rings is 1. The second-order valence-electron chi connectivity index (χ2n) is 8.48. The van der Waals surface area contributed by atoms with Gasteiger partial charge in [0.2, 0.25) is 5.91 Å². The third-order valence-corrected chi connectivity index (χ3v) is 7.93. The Kier molecular flexibility index (Phi) is 7.05. The molecule has 33 heavy (non-hydrogen) atoms. The summed E-state index contributed by atoms with van der Waals surface area (Å²) in [7, 11) is 1.87. The molecule has 2 aromatic heterocycles. The van der Waals surface area contributed by atoms with E-state index in [0.717, 1.165) is 36.1 Å². The minimum atomic E-state index is -0.287. The standard InChI is InChI=1S/C24H27N5O2S2/c1-14-6-5-7-17(10-14)31-16(3)22-27-28-24(29(22)4)32-13-21(30)26-23-19(12-25)18-9-8-15(2)11-20(18)33-23/h5-7,10,15-16H,8-9,11,13H2,1-4H3,(H,26,30). The van der Waals surface area contributed by atoms with Crippen LogP contribution in [-0.4, -0.2) is 26.4 Å². The van der Waals surface area contributed by atoms with Crippen molar-refractivity contribution in [3.05, 3.63) is 51.7 Å². The first kappa shape index (κ1) is 23.3. The lowest BCUT2D eigenvalue weighted by Gasteiger charge is -2.17. The van der Waals surface area contributed by atoms with E-state index in [0.29, 0.717) is 27.5 Å². The number of carbonyl (C=O) groups is 1. The van der Waals surface area contributed by atoms with Crippen LogP contribution in [0.2, 0.25) is 0 Å². The lowest BCUT2D eigenvalue weighted by Crippen LogP contribution is -2.15. The third kappa shape index (κ3) is 5.23. The van der Waals surface area contributed by atoms with Gasteiger partial charge in [0, 0.05) is 11.9 Å². The maximum atomic E-state index is 12.6. The fourth-order valence-electron chi connectivity index (χ4n) is 4.00. The summed E-state index contributed by atoms with van der Waals surface area (Å²) >= 11 is 2.85. The molecule has 0 aliphatic heterocycles. The molecule has 1 N–H and O–H groups in total. The topological polar surface area (TPSA) is 92.8 Å². The van der Waals surface area contributed by atoms with Gasteiger partial charge in [-0.15, -0.1) is 21.5 Å². The molecule has 0 saturated heterocycles. The van der Waals surface area contributed by atoms with Crippen LogP contribution in [0.25, 0.3) is 0 Å². The quantitative estimate of drug-likeness (QED) is 0.475. The van der Waals surface area contributed by atoms with Gasteiger partial charge in [0.15, 0.2) is 17.1 Å². The molecular formula is C24H27N5O2S2. The number of fused-ring (bicyclic) bond motifs is 1. The fraction of sp³-hybridized carbons (Fsp3) is 0.417. The largest absolute Gasteiger partial charge is 0.483 e. The Morgan fingerprint density at radius 1 is 1.45 bits per heavy atom. The molecule has 2 unspecified atom stereocenters. The molecule has 0 spiro atoms. The lowest BCUT2D eigenvalue weighted by molar-refractivity contribution is -0.113. The number of hydrogen-bond acceptors (Lipinski definition) is 7. The molecule has 0 radical (unpaired) electrons. The second-order valence-corrected chi connectivity index (χ2v) is 10.5. The summed E-state index contributed by atoms with van der Waals surface area (Å²) in [6.07, 6.45) is 2.68. The number of amides is 1. The first-order valence-electron chi connectivity index (χ1n) is 11.0. The molecule has 1 aromatic carbocycles. The van der Waals surface area contributed by atoms with E-state index in [-0.39, 0.29) is 17.8 Å². The number of anilines is 1. The maximum Gasteiger partial charge on any atom is 0.235 e. The van der Waals surface area contributed by atoms with Crippen LogP contribution < -0.4 is 10.1 Å². The molecule has 2 heterocycles. The number of aromatic nitrogens is 3. The van der Waals surface area contributed by atoms with E-state index >= 15 is 0 Å². The van der Waals surface area contributed by atoms with Gasteiger partial charge in [-0.25, -0.2) is 0 Å². The Labute approximate surface area is 202 Å². The first-order chi connectivity index (χ1) is 15.9. The van der Waals surface area contributed by atoms with E-state index in [1.54, 1.807) is 0 Å². The van der Waals surface area contributed by atoms with Crippen molar-refractivity contribution in [1.82, 2.24) is 14.8 Å². The summed E-state index contributed by atoms with van der Waals surface area (Å²) in [5, 5.41) is 22.4. The molecule has 0 fully saturated rings. The molecule has 1 aliphatic rings. The Hall–Kier alpha value is -2.83. The van der Waals surface area contributed by atoms with Crippen molar-refractivity contribution < 1.29 is 9.53 Å². The molecule has 4 rings (SSSR count). The molecule has 172 valence electrons. The van der Waals surface area contributed by atoms with Crippen LogP contribution in [0.3, 0.4) is 0 Å². The number of rotatable bonds is 7. The van der Waals surface area contributed by atoms with E-state index in [1.807, 2.05) is 49.7 Å². The average molecular weight is 482 g/mol. The van der Waals surface area contributed by atoms with Crippen LogP contribution in [-0.2, 0) is 24.7 Å². The van der Waals surface area contributed by atoms with E-state index in [1.165, 1.54) is 28.0 Å². The third-order valence-electron chi connectivity index (χ3n) is 5.74. The minimum Gasteiger partial charge on any atom is -0.483 e. The lowest BCUT2D eigenvalue weighted by atomic mass is 9.89. The van der Waals surface area contributed by atoms with Crippen LogP contribution in [0.1, 0.15) is 53.8 Å². The highest BCUT2D eigenvalue weighted by Crippen LogP contribution is 2.39. The Morgan fingerprint density at radius 2 is 2.27 bits per heavy atom. The van der Waals surface area contributed by atoms with Crippen molar-refractivity contribution in [1.29, 1.82) is 5.26 Å². The number of thiophene rings is 1. The van der Waals surface area contributed by atoms with Crippen molar-refractivity contribution in [2.24, 2.45) is 13.0 Å². The Bertz CT molecular complexity index is 1210. The number of thioether (sulfide) groups is 1. The maximum absolute atomic E-state index is 12.6. The minimum absolute atomic E-state index is 0.156. The zero-order valence-corrected chi connectivity index (χ0v) is 20.8. The van der Waals surface area contributed by atoms with Gasteiger partial charge in [-0.2, -0.15) is 5.26 Å². The molecule has 7 nitrogen and oxygen atoms in total. The van der Waals surface area contributed by atoms with Crippen molar-refractivity contribution in [3.8, 4) is 11.8 Å². The second kappa shape index (κ2) is 9.98. The van der Waals surface area contributed by atoms with Crippen LogP contribution in [0.5, 0.6) is 5.75 Å². The molecule has 3 aromatic rings. The summed E-state index contributed by atoms with van der Waals surface area (Å²) in [6.45, 7) is 6.17. The highest BCUT2D eigenvalue weighted by molar-refractivity contribution is 7.99. The van der Waals surface area contributed by atoms with Crippen molar-refractivity contribution >= 4 is 34.0 Å². The van der Waals surface area contributed by atoms with Gasteiger partial charge < -0.3 is 14.6 Å². The SMILES string of the molecule is Cc1cccc(OC(C)c2nnc(SCC(=O)Nc3sc4c(c3C#N)CCC(C)C4)n2C)c1. The predicted molar refractivity (Wildman–Crippen MR) is 131 cm³/mol. The molecule has 1 aliphatic carbocycles. The van der Waals surface area contributed by atoms with Gasteiger partial charge in [0.25, 0.3) is 0 Å². The zero-order valence-electron chi connectivity index (χ0n) is 19.2. The van der Waals surface area contributed by atoms with Gasteiger partial charge in [-0.1, -0.05) is 30.8 Å². The van der Waals surface area contributed by atoms with E-state index < -0.39 is 0 Å². The molecule has 0 saturated carbocycles. The Balaban J connectivity index is 1.38.